The van der Waals surface area contributed by atoms with Crippen molar-refractivity contribution < 1.29 is 32.2 Å². The molecular formula is C19H20F3NO4. The van der Waals surface area contributed by atoms with E-state index in [4.69, 9.17) is 14.2 Å². The zero-order valence-electron chi connectivity index (χ0n) is 14.9. The molecule has 0 heterocycles. The summed E-state index contributed by atoms with van der Waals surface area (Å²) in [7, 11) is 0. The predicted molar refractivity (Wildman–Crippen MR) is 94.3 cm³/mol. The molecule has 0 unspecified atom stereocenters. The fourth-order valence-corrected chi connectivity index (χ4v) is 2.26. The van der Waals surface area contributed by atoms with Crippen LogP contribution in [0.2, 0.25) is 0 Å². The zero-order valence-corrected chi connectivity index (χ0v) is 14.9. The van der Waals surface area contributed by atoms with Gasteiger partial charge in [0.25, 0.3) is 5.91 Å². The number of nitrogens with one attached hydrogen (secondary N) is 1. The van der Waals surface area contributed by atoms with Gasteiger partial charge in [-0.2, -0.15) is 13.2 Å². The van der Waals surface area contributed by atoms with Gasteiger partial charge >= 0.3 is 6.18 Å². The van der Waals surface area contributed by atoms with E-state index in [9.17, 15) is 18.0 Å². The molecule has 0 bridgehead atoms. The van der Waals surface area contributed by atoms with Crippen LogP contribution in [0.5, 0.6) is 17.2 Å². The highest BCUT2D eigenvalue weighted by molar-refractivity contribution is 5.93. The summed E-state index contributed by atoms with van der Waals surface area (Å²) in [6.07, 6.45) is -4.53. The molecule has 27 heavy (non-hydrogen) atoms. The molecule has 0 spiro atoms. The van der Waals surface area contributed by atoms with Gasteiger partial charge in [0.15, 0.2) is 18.1 Å². The van der Waals surface area contributed by atoms with Gasteiger partial charge in [-0.25, -0.2) is 0 Å². The van der Waals surface area contributed by atoms with Crippen LogP contribution in [0.1, 0.15) is 19.4 Å². The average Bonchev–Trinajstić information content (AvgIpc) is 2.62. The second-order valence-electron chi connectivity index (χ2n) is 5.36. The molecule has 8 heteroatoms. The minimum absolute atomic E-state index is 0.0710. The first-order valence-corrected chi connectivity index (χ1v) is 8.33. The van der Waals surface area contributed by atoms with Gasteiger partial charge in [0.1, 0.15) is 5.75 Å². The average molecular weight is 383 g/mol. The first-order chi connectivity index (χ1) is 12.8. The second kappa shape index (κ2) is 9.16. The lowest BCUT2D eigenvalue weighted by Crippen LogP contribution is -2.21. The molecule has 1 amide bonds. The normalized spacial score (nSPS) is 11.0. The number of alkyl halides is 3. The maximum atomic E-state index is 12.9. The van der Waals surface area contributed by atoms with E-state index < -0.39 is 24.3 Å². The third-order valence-corrected chi connectivity index (χ3v) is 3.39. The number of carbonyl (C=O) groups is 1. The van der Waals surface area contributed by atoms with Crippen molar-refractivity contribution in [1.29, 1.82) is 0 Å². The van der Waals surface area contributed by atoms with E-state index in [-0.39, 0.29) is 18.0 Å². The fourth-order valence-electron chi connectivity index (χ4n) is 2.26. The lowest BCUT2D eigenvalue weighted by Gasteiger charge is -2.15. The summed E-state index contributed by atoms with van der Waals surface area (Å²) in [5, 5.41) is 2.40. The van der Waals surface area contributed by atoms with Crippen molar-refractivity contribution in [3.8, 4) is 17.2 Å². The summed E-state index contributed by atoms with van der Waals surface area (Å²) in [6, 6.07) is 9.70. The molecule has 0 aliphatic carbocycles. The van der Waals surface area contributed by atoms with Crippen LogP contribution in [-0.2, 0) is 11.0 Å². The summed E-state index contributed by atoms with van der Waals surface area (Å²) >= 11 is 0. The van der Waals surface area contributed by atoms with Crippen LogP contribution in [-0.4, -0.2) is 25.7 Å². The fraction of sp³-hybridized carbons (Fsp3) is 0.316. The zero-order chi connectivity index (χ0) is 19.9. The van der Waals surface area contributed by atoms with Crippen LogP contribution in [0, 0.1) is 0 Å². The van der Waals surface area contributed by atoms with E-state index in [2.05, 4.69) is 5.32 Å². The molecule has 1 N–H and O–H groups in total. The highest BCUT2D eigenvalue weighted by Gasteiger charge is 2.31. The molecule has 2 aromatic rings. The van der Waals surface area contributed by atoms with Crippen LogP contribution >= 0.6 is 0 Å². The van der Waals surface area contributed by atoms with Gasteiger partial charge in [0.05, 0.1) is 24.5 Å². The monoisotopic (exact) mass is 383 g/mol. The Kier molecular flexibility index (Phi) is 6.92. The van der Waals surface area contributed by atoms with Gasteiger partial charge in [0, 0.05) is 0 Å². The van der Waals surface area contributed by atoms with E-state index in [1.165, 1.54) is 6.07 Å². The molecule has 0 saturated heterocycles. The number of ether oxygens (including phenoxy) is 3. The van der Waals surface area contributed by atoms with Crippen molar-refractivity contribution in [3.63, 3.8) is 0 Å². The summed E-state index contributed by atoms with van der Waals surface area (Å²) < 4.78 is 54.8. The predicted octanol–water partition coefficient (Wildman–Crippen LogP) is 4.52. The smallest absolute Gasteiger partial charge is 0.416 e. The number of amides is 1. The molecule has 5 nitrogen and oxygen atoms in total. The highest BCUT2D eigenvalue weighted by atomic mass is 19.4. The molecular weight excluding hydrogens is 363 g/mol. The lowest BCUT2D eigenvalue weighted by molar-refractivity contribution is -0.137. The molecule has 0 atom stereocenters. The van der Waals surface area contributed by atoms with Crippen LogP contribution in [0.4, 0.5) is 18.9 Å². The van der Waals surface area contributed by atoms with Crippen molar-refractivity contribution >= 4 is 11.6 Å². The number of anilines is 1. The Balaban J connectivity index is 2.10. The summed E-state index contributed by atoms with van der Waals surface area (Å²) in [6.45, 7) is 3.77. The Morgan fingerprint density at radius 1 is 0.926 bits per heavy atom. The maximum absolute atomic E-state index is 12.9. The van der Waals surface area contributed by atoms with E-state index >= 15 is 0 Å². The topological polar surface area (TPSA) is 56.8 Å². The van der Waals surface area contributed by atoms with E-state index in [0.717, 1.165) is 12.1 Å². The highest BCUT2D eigenvalue weighted by Crippen LogP contribution is 2.35. The van der Waals surface area contributed by atoms with Crippen molar-refractivity contribution in [1.82, 2.24) is 0 Å². The van der Waals surface area contributed by atoms with Gasteiger partial charge in [0.2, 0.25) is 0 Å². The Labute approximate surface area is 155 Å². The van der Waals surface area contributed by atoms with Crippen molar-refractivity contribution in [2.24, 2.45) is 0 Å². The van der Waals surface area contributed by atoms with Crippen molar-refractivity contribution in [3.05, 3.63) is 48.0 Å². The maximum Gasteiger partial charge on any atom is 0.416 e. The minimum Gasteiger partial charge on any atom is -0.492 e. The molecule has 146 valence electrons. The van der Waals surface area contributed by atoms with Crippen LogP contribution < -0.4 is 19.5 Å². The van der Waals surface area contributed by atoms with Crippen LogP contribution in [0.15, 0.2) is 42.5 Å². The Bertz CT molecular complexity index is 778. The summed E-state index contributed by atoms with van der Waals surface area (Å²) in [4.78, 5) is 12.2. The molecule has 0 fully saturated rings. The molecule has 2 aromatic carbocycles. The molecule has 0 radical (unpaired) electrons. The first kappa shape index (κ1) is 20.4. The number of hydrogen-bond acceptors (Lipinski definition) is 4. The number of halogens is 3. The van der Waals surface area contributed by atoms with Crippen molar-refractivity contribution in [2.75, 3.05) is 25.1 Å². The first-order valence-electron chi connectivity index (χ1n) is 8.33. The minimum atomic E-state index is -4.53. The van der Waals surface area contributed by atoms with Gasteiger partial charge in [-0.1, -0.05) is 12.1 Å². The second-order valence-corrected chi connectivity index (χ2v) is 5.36. The number of para-hydroxylation sites is 2. The number of hydrogen-bond donors (Lipinski definition) is 1. The van der Waals surface area contributed by atoms with Gasteiger partial charge in [-0.15, -0.1) is 0 Å². The van der Waals surface area contributed by atoms with Gasteiger partial charge in [-0.05, 0) is 44.2 Å². The Hall–Kier alpha value is -2.90. The number of carbonyl (C=O) groups excluding carboxylic acids is 1. The largest absolute Gasteiger partial charge is 0.492 e. The SMILES string of the molecule is CCOc1ccc(C(F)(F)F)cc1NC(=O)COc1ccccc1OCC. The van der Waals surface area contributed by atoms with Crippen LogP contribution in [0.25, 0.3) is 0 Å². The number of rotatable bonds is 8. The summed E-state index contributed by atoms with van der Waals surface area (Å²) in [5.74, 6) is 0.362. The standard InChI is InChI=1S/C19H20F3NO4/c1-3-25-15-10-9-13(19(20,21)22)11-14(15)23-18(24)12-27-17-8-6-5-7-16(17)26-4-2/h5-11H,3-4,12H2,1-2H3,(H,23,24). The third kappa shape index (κ3) is 5.80. The molecule has 0 saturated carbocycles. The Morgan fingerprint density at radius 3 is 2.11 bits per heavy atom. The van der Waals surface area contributed by atoms with Gasteiger partial charge in [-0.3, -0.25) is 4.79 Å². The van der Waals surface area contributed by atoms with E-state index in [0.29, 0.717) is 18.1 Å². The van der Waals surface area contributed by atoms with E-state index in [1.54, 1.807) is 31.2 Å². The van der Waals surface area contributed by atoms with Gasteiger partial charge < -0.3 is 19.5 Å². The lowest BCUT2D eigenvalue weighted by atomic mass is 10.1. The molecule has 0 aliphatic rings. The summed E-state index contributed by atoms with van der Waals surface area (Å²) in [5.41, 5.74) is -0.956. The molecule has 0 aromatic heterocycles. The molecule has 0 aliphatic heterocycles. The molecule has 2 rings (SSSR count). The van der Waals surface area contributed by atoms with Crippen LogP contribution in [0.3, 0.4) is 0 Å². The Morgan fingerprint density at radius 2 is 1.52 bits per heavy atom. The number of benzene rings is 2. The third-order valence-electron chi connectivity index (χ3n) is 3.39. The van der Waals surface area contributed by atoms with E-state index in [1.807, 2.05) is 6.92 Å². The quantitative estimate of drug-likeness (QED) is 0.728. The van der Waals surface area contributed by atoms with Crippen molar-refractivity contribution in [2.45, 2.75) is 20.0 Å².